The summed E-state index contributed by atoms with van der Waals surface area (Å²) in [4.78, 5) is 0.855. The molecule has 0 aliphatic heterocycles. The molecule has 0 aliphatic carbocycles. The molecule has 0 aliphatic rings. The summed E-state index contributed by atoms with van der Waals surface area (Å²) < 4.78 is 12.1. The van der Waals surface area contributed by atoms with E-state index in [1.807, 2.05) is 58.9 Å². The van der Waals surface area contributed by atoms with Gasteiger partial charge in [0.25, 0.3) is 0 Å². The molecule has 1 nitrogen and oxygen atoms in total. The molecule has 0 spiro atoms. The van der Waals surface area contributed by atoms with Crippen molar-refractivity contribution in [2.75, 3.05) is 0 Å². The summed E-state index contributed by atoms with van der Waals surface area (Å²) in [6.45, 7) is 9.90. The van der Waals surface area contributed by atoms with Gasteiger partial charge < -0.3 is 0 Å². The molecule has 1 unspecified atom stereocenters. The SMILES string of the molecule is C=S(=O)(c1ccc(C)cc1)C(C)C.CC. The van der Waals surface area contributed by atoms with Crippen LogP contribution in [0.1, 0.15) is 33.3 Å². The van der Waals surface area contributed by atoms with Crippen molar-refractivity contribution in [2.24, 2.45) is 0 Å². The number of benzene rings is 1. The third kappa shape index (κ3) is 3.71. The van der Waals surface area contributed by atoms with E-state index in [1.54, 1.807) is 0 Å². The van der Waals surface area contributed by atoms with E-state index >= 15 is 0 Å². The zero-order valence-corrected chi connectivity index (χ0v) is 11.2. The minimum absolute atomic E-state index is 0.0928. The fourth-order valence-corrected chi connectivity index (χ4v) is 2.18. The van der Waals surface area contributed by atoms with Gasteiger partial charge in [-0.05, 0) is 34.4 Å². The lowest BCUT2D eigenvalue weighted by Gasteiger charge is -2.12. The van der Waals surface area contributed by atoms with Crippen LogP contribution in [0.5, 0.6) is 0 Å². The molecule has 86 valence electrons. The molecule has 1 aromatic carbocycles. The Morgan fingerprint density at radius 3 is 1.87 bits per heavy atom. The largest absolute Gasteiger partial charge is 0.263 e. The van der Waals surface area contributed by atoms with E-state index in [0.717, 1.165) is 4.90 Å². The van der Waals surface area contributed by atoms with Gasteiger partial charge in [-0.25, -0.2) is 0 Å². The Morgan fingerprint density at radius 1 is 1.13 bits per heavy atom. The van der Waals surface area contributed by atoms with Crippen LogP contribution in [0, 0.1) is 6.92 Å². The zero-order chi connectivity index (χ0) is 12.1. The van der Waals surface area contributed by atoms with Crippen LogP contribution in [0.2, 0.25) is 0 Å². The van der Waals surface area contributed by atoms with E-state index in [-0.39, 0.29) is 5.25 Å². The quantitative estimate of drug-likeness (QED) is 0.705. The van der Waals surface area contributed by atoms with Crippen molar-refractivity contribution in [3.8, 4) is 0 Å². The highest BCUT2D eigenvalue weighted by atomic mass is 32.2. The number of aryl methyl sites for hydroxylation is 1. The molecule has 0 aromatic heterocycles. The Balaban J connectivity index is 0.000000921. The average molecular weight is 226 g/mol. The molecule has 1 atom stereocenters. The van der Waals surface area contributed by atoms with Crippen LogP contribution in [-0.2, 0) is 9.52 Å². The fourth-order valence-electron chi connectivity index (χ4n) is 1.04. The molecule has 0 fully saturated rings. The minimum Gasteiger partial charge on any atom is -0.263 e. The maximum Gasteiger partial charge on any atom is 0.0307 e. The van der Waals surface area contributed by atoms with Crippen LogP contribution in [0.3, 0.4) is 0 Å². The lowest BCUT2D eigenvalue weighted by Crippen LogP contribution is -2.13. The zero-order valence-electron chi connectivity index (χ0n) is 10.4. The molecule has 15 heavy (non-hydrogen) atoms. The Labute approximate surface area is 94.5 Å². The Hall–Kier alpha value is -0.760. The van der Waals surface area contributed by atoms with Crippen molar-refractivity contribution in [1.82, 2.24) is 0 Å². The second-order valence-corrected chi connectivity index (χ2v) is 6.45. The normalized spacial score (nSPS) is 14.0. The van der Waals surface area contributed by atoms with Gasteiger partial charge in [0.2, 0.25) is 0 Å². The first-order valence-electron chi connectivity index (χ1n) is 5.37. The third-order valence-corrected chi connectivity index (χ3v) is 4.77. The van der Waals surface area contributed by atoms with Crippen LogP contribution < -0.4 is 0 Å². The van der Waals surface area contributed by atoms with E-state index in [9.17, 15) is 4.21 Å². The molecular formula is C13H22OS. The van der Waals surface area contributed by atoms with Gasteiger partial charge in [-0.15, -0.1) is 0 Å². The van der Waals surface area contributed by atoms with Crippen LogP contribution in [0.15, 0.2) is 29.2 Å². The van der Waals surface area contributed by atoms with Gasteiger partial charge in [0.05, 0.1) is 0 Å². The summed E-state index contributed by atoms with van der Waals surface area (Å²) in [5.41, 5.74) is 1.18. The molecule has 0 bridgehead atoms. The molecule has 0 N–H and O–H groups in total. The first kappa shape index (κ1) is 14.2. The van der Waals surface area contributed by atoms with E-state index in [1.165, 1.54) is 5.56 Å². The van der Waals surface area contributed by atoms with Crippen molar-refractivity contribution in [3.63, 3.8) is 0 Å². The van der Waals surface area contributed by atoms with Gasteiger partial charge in [0.15, 0.2) is 0 Å². The summed E-state index contributed by atoms with van der Waals surface area (Å²) in [6, 6.07) is 7.76. The summed E-state index contributed by atoms with van der Waals surface area (Å²) in [5, 5.41) is 0.0928. The number of rotatable bonds is 2. The molecule has 2 heteroatoms. The summed E-state index contributed by atoms with van der Waals surface area (Å²) in [7, 11) is -2.09. The van der Waals surface area contributed by atoms with Crippen molar-refractivity contribution >= 4 is 15.4 Å². The second-order valence-electron chi connectivity index (χ2n) is 3.59. The molecule has 0 saturated carbocycles. The van der Waals surface area contributed by atoms with E-state index < -0.39 is 9.52 Å². The van der Waals surface area contributed by atoms with Crippen molar-refractivity contribution in [1.29, 1.82) is 0 Å². The molecule has 1 aromatic rings. The van der Waals surface area contributed by atoms with Gasteiger partial charge in [0, 0.05) is 10.1 Å². The Kier molecular flexibility index (Phi) is 5.66. The van der Waals surface area contributed by atoms with Crippen LogP contribution in [-0.4, -0.2) is 15.3 Å². The van der Waals surface area contributed by atoms with Crippen LogP contribution in [0.25, 0.3) is 0 Å². The second kappa shape index (κ2) is 5.96. The lowest BCUT2D eigenvalue weighted by molar-refractivity contribution is 0.674. The minimum atomic E-state index is -2.09. The Morgan fingerprint density at radius 2 is 1.53 bits per heavy atom. The highest BCUT2D eigenvalue weighted by molar-refractivity contribution is 8.00. The topological polar surface area (TPSA) is 17.1 Å². The van der Waals surface area contributed by atoms with E-state index in [0.29, 0.717) is 0 Å². The van der Waals surface area contributed by atoms with Gasteiger partial charge in [-0.3, -0.25) is 4.21 Å². The molecule has 0 amide bonds. The maximum absolute atomic E-state index is 12.1. The Bertz CT molecular complexity index is 372. The van der Waals surface area contributed by atoms with Crippen molar-refractivity contribution in [3.05, 3.63) is 29.8 Å². The van der Waals surface area contributed by atoms with Crippen LogP contribution in [0.4, 0.5) is 0 Å². The standard InChI is InChI=1S/C11H16OS.C2H6/c1-9(2)13(4,12)11-7-5-10(3)6-8-11;1-2/h5-9H,4H2,1-3H3;1-2H3. The molecule has 0 saturated heterocycles. The third-order valence-electron chi connectivity index (χ3n) is 2.18. The monoisotopic (exact) mass is 226 g/mol. The highest BCUT2D eigenvalue weighted by Gasteiger charge is 2.11. The van der Waals surface area contributed by atoms with Crippen LogP contribution >= 0.6 is 0 Å². The van der Waals surface area contributed by atoms with E-state index in [4.69, 9.17) is 0 Å². The fraction of sp³-hybridized carbons (Fsp3) is 0.462. The predicted octanol–water partition coefficient (Wildman–Crippen LogP) is 3.50. The molecule has 1 rings (SSSR count). The first-order valence-corrected chi connectivity index (χ1v) is 7.16. The van der Waals surface area contributed by atoms with Gasteiger partial charge in [0.1, 0.15) is 0 Å². The lowest BCUT2D eigenvalue weighted by atomic mass is 10.2. The number of hydrogen-bond donors (Lipinski definition) is 0. The molecular weight excluding hydrogens is 204 g/mol. The van der Waals surface area contributed by atoms with Gasteiger partial charge in [-0.2, -0.15) is 0 Å². The van der Waals surface area contributed by atoms with Crippen molar-refractivity contribution in [2.45, 2.75) is 44.8 Å². The van der Waals surface area contributed by atoms with Gasteiger partial charge >= 0.3 is 0 Å². The van der Waals surface area contributed by atoms with Gasteiger partial charge in [-0.1, -0.05) is 45.4 Å². The predicted molar refractivity (Wildman–Crippen MR) is 71.2 cm³/mol. The average Bonchev–Trinajstić information content (AvgIpc) is 2.21. The summed E-state index contributed by atoms with van der Waals surface area (Å²) >= 11 is 0. The molecule has 0 radical (unpaired) electrons. The van der Waals surface area contributed by atoms with E-state index in [2.05, 4.69) is 5.87 Å². The summed E-state index contributed by atoms with van der Waals surface area (Å²) in [6.07, 6.45) is 0. The summed E-state index contributed by atoms with van der Waals surface area (Å²) in [5.74, 6) is 3.80. The number of hydrogen-bond acceptors (Lipinski definition) is 1. The maximum atomic E-state index is 12.1. The first-order chi connectivity index (χ1) is 6.94. The van der Waals surface area contributed by atoms with Crippen molar-refractivity contribution < 1.29 is 4.21 Å². The smallest absolute Gasteiger partial charge is 0.0307 e. The molecule has 0 heterocycles. The highest BCUT2D eigenvalue weighted by Crippen LogP contribution is 2.15.